The minimum absolute atomic E-state index is 0.160. The topological polar surface area (TPSA) is 68.3 Å². The summed E-state index contributed by atoms with van der Waals surface area (Å²) in [6.45, 7) is 1.81. The van der Waals surface area contributed by atoms with E-state index in [1.54, 1.807) is 25.3 Å². The van der Waals surface area contributed by atoms with Gasteiger partial charge < -0.3 is 10.1 Å². The quantitative estimate of drug-likeness (QED) is 0.685. The van der Waals surface area contributed by atoms with E-state index in [-0.39, 0.29) is 23.8 Å². The van der Waals surface area contributed by atoms with Crippen LogP contribution in [-0.4, -0.2) is 30.0 Å². The van der Waals surface area contributed by atoms with Crippen molar-refractivity contribution in [2.24, 2.45) is 5.92 Å². The largest absolute Gasteiger partial charge is 0.469 e. The number of amides is 1. The van der Waals surface area contributed by atoms with Gasteiger partial charge in [0.05, 0.1) is 18.6 Å². The van der Waals surface area contributed by atoms with Gasteiger partial charge in [0.2, 0.25) is 0 Å². The first kappa shape index (κ1) is 15.5. The Balaban J connectivity index is 2.12. The molecule has 2 atom stereocenters. The minimum atomic E-state index is -0.251. The SMILES string of the molecule is COC(=O)[C@H]1CCCCC[C@H]1NC(=O)c1cccnc1C. The van der Waals surface area contributed by atoms with Crippen LogP contribution >= 0.6 is 0 Å². The second-order valence-electron chi connectivity index (χ2n) is 5.48. The van der Waals surface area contributed by atoms with Gasteiger partial charge in [0.15, 0.2) is 0 Å². The molecule has 0 saturated heterocycles. The molecule has 1 aromatic heterocycles. The van der Waals surface area contributed by atoms with Gasteiger partial charge in [0.25, 0.3) is 5.91 Å². The minimum Gasteiger partial charge on any atom is -0.469 e. The molecule has 0 radical (unpaired) electrons. The number of nitrogens with one attached hydrogen (secondary N) is 1. The van der Waals surface area contributed by atoms with E-state index in [2.05, 4.69) is 10.3 Å². The zero-order chi connectivity index (χ0) is 15.2. The van der Waals surface area contributed by atoms with Crippen molar-refractivity contribution in [2.45, 2.75) is 45.1 Å². The van der Waals surface area contributed by atoms with Gasteiger partial charge in [-0.1, -0.05) is 19.3 Å². The predicted octanol–water partition coefficient (Wildman–Crippen LogP) is 2.24. The first-order valence-electron chi connectivity index (χ1n) is 7.43. The van der Waals surface area contributed by atoms with Crippen molar-refractivity contribution in [1.82, 2.24) is 10.3 Å². The van der Waals surface area contributed by atoms with Crippen LogP contribution in [0.15, 0.2) is 18.3 Å². The van der Waals surface area contributed by atoms with E-state index in [1.165, 1.54) is 7.11 Å². The maximum Gasteiger partial charge on any atom is 0.310 e. The van der Waals surface area contributed by atoms with E-state index in [0.29, 0.717) is 11.3 Å². The predicted molar refractivity (Wildman–Crippen MR) is 78.8 cm³/mol. The van der Waals surface area contributed by atoms with Crippen molar-refractivity contribution < 1.29 is 14.3 Å². The van der Waals surface area contributed by atoms with Gasteiger partial charge in [-0.3, -0.25) is 14.6 Å². The number of aromatic nitrogens is 1. The fourth-order valence-corrected chi connectivity index (χ4v) is 2.88. The number of carbonyl (C=O) groups is 2. The van der Waals surface area contributed by atoms with E-state index in [1.807, 2.05) is 0 Å². The van der Waals surface area contributed by atoms with Crippen molar-refractivity contribution in [1.29, 1.82) is 0 Å². The molecule has 0 aromatic carbocycles. The Hall–Kier alpha value is -1.91. The van der Waals surface area contributed by atoms with E-state index in [0.717, 1.165) is 32.1 Å². The number of methoxy groups -OCH3 is 1. The average molecular weight is 290 g/mol. The standard InChI is InChI=1S/C16H22N2O3/c1-11-12(8-6-10-17-11)15(19)18-14-9-5-3-4-7-13(14)16(20)21-2/h6,8,10,13-14H,3-5,7,9H2,1-2H3,(H,18,19)/t13-,14+/m0/s1. The van der Waals surface area contributed by atoms with Crippen molar-refractivity contribution >= 4 is 11.9 Å². The van der Waals surface area contributed by atoms with E-state index in [4.69, 9.17) is 4.74 Å². The Morgan fingerprint density at radius 2 is 2.05 bits per heavy atom. The molecule has 1 N–H and O–H groups in total. The number of nitrogens with zero attached hydrogens (tertiary/aromatic N) is 1. The average Bonchev–Trinajstić information content (AvgIpc) is 2.72. The highest BCUT2D eigenvalue weighted by Crippen LogP contribution is 2.25. The highest BCUT2D eigenvalue weighted by molar-refractivity contribution is 5.95. The Labute approximate surface area is 125 Å². The Bertz CT molecular complexity index is 516. The summed E-state index contributed by atoms with van der Waals surface area (Å²) in [7, 11) is 1.40. The van der Waals surface area contributed by atoms with Crippen LogP contribution in [0.25, 0.3) is 0 Å². The van der Waals surface area contributed by atoms with Crippen LogP contribution < -0.4 is 5.32 Å². The lowest BCUT2D eigenvalue weighted by atomic mass is 9.94. The van der Waals surface area contributed by atoms with Crippen LogP contribution in [0, 0.1) is 12.8 Å². The Kier molecular flexibility index (Phi) is 5.31. The van der Waals surface area contributed by atoms with Crippen LogP contribution in [0.3, 0.4) is 0 Å². The molecule has 114 valence electrons. The molecule has 5 heteroatoms. The summed E-state index contributed by atoms with van der Waals surface area (Å²) in [4.78, 5) is 28.5. The van der Waals surface area contributed by atoms with Gasteiger partial charge in [-0.05, 0) is 31.9 Å². The van der Waals surface area contributed by atoms with Gasteiger partial charge >= 0.3 is 5.97 Å². The molecule has 1 fully saturated rings. The number of aryl methyl sites for hydroxylation is 1. The van der Waals surface area contributed by atoms with Crippen molar-refractivity contribution in [3.63, 3.8) is 0 Å². The molecule has 1 heterocycles. The number of carbonyl (C=O) groups excluding carboxylic acids is 2. The summed E-state index contributed by atoms with van der Waals surface area (Å²) in [6.07, 6.45) is 6.35. The number of ether oxygens (including phenoxy) is 1. The van der Waals surface area contributed by atoms with E-state index >= 15 is 0 Å². The summed E-state index contributed by atoms with van der Waals surface area (Å²) in [6, 6.07) is 3.33. The first-order chi connectivity index (χ1) is 10.1. The highest BCUT2D eigenvalue weighted by atomic mass is 16.5. The Morgan fingerprint density at radius 1 is 1.29 bits per heavy atom. The number of rotatable bonds is 3. The highest BCUT2D eigenvalue weighted by Gasteiger charge is 2.31. The van der Waals surface area contributed by atoms with Gasteiger partial charge in [0, 0.05) is 17.9 Å². The maximum absolute atomic E-state index is 12.4. The molecular weight excluding hydrogens is 268 g/mol. The Morgan fingerprint density at radius 3 is 2.76 bits per heavy atom. The summed E-state index contributed by atoms with van der Waals surface area (Å²) in [5.74, 6) is -0.648. The van der Waals surface area contributed by atoms with Crippen LogP contribution in [-0.2, 0) is 9.53 Å². The second-order valence-corrected chi connectivity index (χ2v) is 5.48. The molecule has 1 amide bonds. The molecule has 2 rings (SSSR count). The van der Waals surface area contributed by atoms with Crippen molar-refractivity contribution in [3.8, 4) is 0 Å². The van der Waals surface area contributed by atoms with Crippen LogP contribution in [0.2, 0.25) is 0 Å². The molecule has 1 aromatic rings. The normalized spacial score (nSPS) is 22.2. The summed E-state index contributed by atoms with van der Waals surface area (Å²) in [5, 5.41) is 3.00. The zero-order valence-electron chi connectivity index (χ0n) is 12.6. The lowest BCUT2D eigenvalue weighted by molar-refractivity contribution is -0.146. The summed E-state index contributed by atoms with van der Waals surface area (Å²) < 4.78 is 4.88. The van der Waals surface area contributed by atoms with Gasteiger partial charge in [0.1, 0.15) is 0 Å². The molecule has 1 aliphatic carbocycles. The number of pyridine rings is 1. The second kappa shape index (κ2) is 7.20. The third kappa shape index (κ3) is 3.80. The summed E-state index contributed by atoms with van der Waals surface area (Å²) >= 11 is 0. The molecule has 0 aliphatic heterocycles. The van der Waals surface area contributed by atoms with Crippen molar-refractivity contribution in [3.05, 3.63) is 29.6 Å². The van der Waals surface area contributed by atoms with Gasteiger partial charge in [-0.25, -0.2) is 0 Å². The molecular formula is C16H22N2O3. The molecule has 0 bridgehead atoms. The van der Waals surface area contributed by atoms with E-state index < -0.39 is 0 Å². The van der Waals surface area contributed by atoms with Gasteiger partial charge in [-0.15, -0.1) is 0 Å². The monoisotopic (exact) mass is 290 g/mol. The van der Waals surface area contributed by atoms with Gasteiger partial charge in [-0.2, -0.15) is 0 Å². The van der Waals surface area contributed by atoms with E-state index in [9.17, 15) is 9.59 Å². The van der Waals surface area contributed by atoms with Crippen LogP contribution in [0.1, 0.15) is 48.2 Å². The number of hydrogen-bond donors (Lipinski definition) is 1. The van der Waals surface area contributed by atoms with Crippen LogP contribution in [0.5, 0.6) is 0 Å². The molecule has 21 heavy (non-hydrogen) atoms. The number of hydrogen-bond acceptors (Lipinski definition) is 4. The molecule has 0 spiro atoms. The third-order valence-electron chi connectivity index (χ3n) is 4.09. The third-order valence-corrected chi connectivity index (χ3v) is 4.09. The first-order valence-corrected chi connectivity index (χ1v) is 7.43. The zero-order valence-corrected chi connectivity index (χ0v) is 12.6. The molecule has 0 unspecified atom stereocenters. The lowest BCUT2D eigenvalue weighted by Crippen LogP contribution is -2.43. The van der Waals surface area contributed by atoms with Crippen LogP contribution in [0.4, 0.5) is 0 Å². The molecule has 1 saturated carbocycles. The maximum atomic E-state index is 12.4. The molecule has 1 aliphatic rings. The smallest absolute Gasteiger partial charge is 0.310 e. The lowest BCUT2D eigenvalue weighted by Gasteiger charge is -2.24. The molecule has 5 nitrogen and oxygen atoms in total. The van der Waals surface area contributed by atoms with Crippen molar-refractivity contribution in [2.75, 3.05) is 7.11 Å². The number of esters is 1. The fraction of sp³-hybridized carbons (Fsp3) is 0.562. The summed E-state index contributed by atoms with van der Waals surface area (Å²) in [5.41, 5.74) is 1.25. The fourth-order valence-electron chi connectivity index (χ4n) is 2.88.